The Balaban J connectivity index is 2.01. The van der Waals surface area contributed by atoms with Gasteiger partial charge >= 0.3 is 0 Å². The molecule has 0 saturated carbocycles. The molecule has 1 amide bonds. The highest BCUT2D eigenvalue weighted by Gasteiger charge is 2.20. The van der Waals surface area contributed by atoms with Crippen molar-refractivity contribution in [3.05, 3.63) is 36.0 Å². The van der Waals surface area contributed by atoms with E-state index in [1.54, 1.807) is 0 Å². The fourth-order valence-corrected chi connectivity index (χ4v) is 2.53. The number of fused-ring (bicyclic) bond motifs is 1. The zero-order valence-electron chi connectivity index (χ0n) is 12.7. The van der Waals surface area contributed by atoms with Crippen molar-refractivity contribution < 1.29 is 4.79 Å². The SMILES string of the molecule is CN(C)CC(C)(C)CNC(=O)c1ccc2[nH]ccc2c1. The van der Waals surface area contributed by atoms with E-state index in [1.165, 1.54) is 0 Å². The third-order valence-electron chi connectivity index (χ3n) is 3.29. The van der Waals surface area contributed by atoms with Crippen molar-refractivity contribution in [3.63, 3.8) is 0 Å². The van der Waals surface area contributed by atoms with Crippen molar-refractivity contribution in [2.45, 2.75) is 13.8 Å². The summed E-state index contributed by atoms with van der Waals surface area (Å²) in [6.45, 7) is 5.91. The van der Waals surface area contributed by atoms with Crippen molar-refractivity contribution in [1.82, 2.24) is 15.2 Å². The van der Waals surface area contributed by atoms with Gasteiger partial charge in [0.2, 0.25) is 0 Å². The van der Waals surface area contributed by atoms with Crippen molar-refractivity contribution in [2.24, 2.45) is 5.41 Å². The molecule has 1 aromatic heterocycles. The van der Waals surface area contributed by atoms with Crippen LogP contribution in [-0.4, -0.2) is 43.0 Å². The summed E-state index contributed by atoms with van der Waals surface area (Å²) in [7, 11) is 4.09. The van der Waals surface area contributed by atoms with Crippen LogP contribution in [0.5, 0.6) is 0 Å². The molecule has 0 aliphatic heterocycles. The van der Waals surface area contributed by atoms with Crippen LogP contribution >= 0.6 is 0 Å². The number of aromatic nitrogens is 1. The van der Waals surface area contributed by atoms with Gasteiger partial charge in [0.05, 0.1) is 0 Å². The van der Waals surface area contributed by atoms with Crippen molar-refractivity contribution in [3.8, 4) is 0 Å². The molecule has 2 N–H and O–H groups in total. The van der Waals surface area contributed by atoms with Crippen LogP contribution in [-0.2, 0) is 0 Å². The van der Waals surface area contributed by atoms with Gasteiger partial charge in [0.1, 0.15) is 0 Å². The molecule has 4 nitrogen and oxygen atoms in total. The molecule has 0 radical (unpaired) electrons. The van der Waals surface area contributed by atoms with Gasteiger partial charge in [0.15, 0.2) is 0 Å². The van der Waals surface area contributed by atoms with Gasteiger partial charge in [0.25, 0.3) is 5.91 Å². The van der Waals surface area contributed by atoms with Crippen molar-refractivity contribution in [2.75, 3.05) is 27.2 Å². The minimum absolute atomic E-state index is 0.0140. The van der Waals surface area contributed by atoms with Crippen LogP contribution in [0.15, 0.2) is 30.5 Å². The number of H-pyrrole nitrogens is 1. The average Bonchev–Trinajstić information content (AvgIpc) is 2.81. The standard InChI is InChI=1S/C16H23N3O/c1-16(2,11-19(3)4)10-18-15(20)13-5-6-14-12(9-13)7-8-17-14/h5-9,17H,10-11H2,1-4H3,(H,18,20). The lowest BCUT2D eigenvalue weighted by atomic mass is 9.93. The summed E-state index contributed by atoms with van der Waals surface area (Å²) >= 11 is 0. The van der Waals surface area contributed by atoms with E-state index in [0.717, 1.165) is 17.4 Å². The smallest absolute Gasteiger partial charge is 0.251 e. The van der Waals surface area contributed by atoms with E-state index in [4.69, 9.17) is 0 Å². The maximum atomic E-state index is 12.2. The van der Waals surface area contributed by atoms with Crippen molar-refractivity contribution in [1.29, 1.82) is 0 Å². The molecule has 0 fully saturated rings. The summed E-state index contributed by atoms with van der Waals surface area (Å²) in [6, 6.07) is 7.69. The van der Waals surface area contributed by atoms with Crippen molar-refractivity contribution >= 4 is 16.8 Å². The van der Waals surface area contributed by atoms with Crippen LogP contribution in [0.1, 0.15) is 24.2 Å². The van der Waals surface area contributed by atoms with Crippen LogP contribution in [0.3, 0.4) is 0 Å². The van der Waals surface area contributed by atoms with E-state index >= 15 is 0 Å². The molecule has 108 valence electrons. The Morgan fingerprint density at radius 1 is 1.30 bits per heavy atom. The van der Waals surface area contributed by atoms with E-state index in [-0.39, 0.29) is 11.3 Å². The number of carbonyl (C=O) groups excluding carboxylic acids is 1. The first kappa shape index (κ1) is 14.6. The molecule has 0 aliphatic carbocycles. The second-order valence-electron chi connectivity index (χ2n) is 6.36. The lowest BCUT2D eigenvalue weighted by Gasteiger charge is -2.28. The summed E-state index contributed by atoms with van der Waals surface area (Å²) in [5, 5.41) is 4.09. The highest BCUT2D eigenvalue weighted by atomic mass is 16.1. The number of rotatable bonds is 5. The number of hydrogen-bond acceptors (Lipinski definition) is 2. The minimum Gasteiger partial charge on any atom is -0.361 e. The molecule has 4 heteroatoms. The van der Waals surface area contributed by atoms with Crippen LogP contribution in [0, 0.1) is 5.41 Å². The summed E-state index contributed by atoms with van der Waals surface area (Å²) in [4.78, 5) is 17.5. The third kappa shape index (κ3) is 3.61. The normalized spacial score (nSPS) is 12.1. The van der Waals surface area contributed by atoms with Crippen LogP contribution in [0.25, 0.3) is 10.9 Å². The van der Waals surface area contributed by atoms with Gasteiger partial charge in [-0.05, 0) is 43.8 Å². The Labute approximate surface area is 120 Å². The van der Waals surface area contributed by atoms with Gasteiger partial charge in [-0.1, -0.05) is 13.8 Å². The number of aromatic amines is 1. The number of benzene rings is 1. The van der Waals surface area contributed by atoms with Gasteiger partial charge < -0.3 is 15.2 Å². The molecular formula is C16H23N3O. The monoisotopic (exact) mass is 273 g/mol. The first-order chi connectivity index (χ1) is 9.37. The van der Waals surface area contributed by atoms with Gasteiger partial charge in [0, 0.05) is 35.8 Å². The van der Waals surface area contributed by atoms with Crippen LogP contribution in [0.2, 0.25) is 0 Å². The highest BCUT2D eigenvalue weighted by Crippen LogP contribution is 2.16. The van der Waals surface area contributed by atoms with Gasteiger partial charge in [-0.15, -0.1) is 0 Å². The Bertz CT molecular complexity index is 599. The van der Waals surface area contributed by atoms with Crippen LogP contribution in [0.4, 0.5) is 0 Å². The van der Waals surface area contributed by atoms with Gasteiger partial charge in [-0.2, -0.15) is 0 Å². The molecule has 2 rings (SSSR count). The Morgan fingerprint density at radius 3 is 2.75 bits per heavy atom. The topological polar surface area (TPSA) is 48.1 Å². The van der Waals surface area contributed by atoms with E-state index in [0.29, 0.717) is 12.1 Å². The molecule has 0 atom stereocenters. The second-order valence-corrected chi connectivity index (χ2v) is 6.36. The fraction of sp³-hybridized carbons (Fsp3) is 0.438. The molecule has 1 heterocycles. The molecule has 0 bridgehead atoms. The zero-order valence-corrected chi connectivity index (χ0v) is 12.7. The number of nitrogens with one attached hydrogen (secondary N) is 2. The van der Waals surface area contributed by atoms with Gasteiger partial charge in [-0.3, -0.25) is 4.79 Å². The fourth-order valence-electron chi connectivity index (χ4n) is 2.53. The number of nitrogens with zero attached hydrogens (tertiary/aromatic N) is 1. The predicted molar refractivity (Wildman–Crippen MR) is 83.0 cm³/mol. The number of carbonyl (C=O) groups is 1. The molecule has 0 spiro atoms. The van der Waals surface area contributed by atoms with E-state index < -0.39 is 0 Å². The Kier molecular flexibility index (Phi) is 4.14. The highest BCUT2D eigenvalue weighted by molar-refractivity contribution is 5.98. The first-order valence-electron chi connectivity index (χ1n) is 6.87. The molecule has 20 heavy (non-hydrogen) atoms. The molecule has 1 aromatic carbocycles. The second kappa shape index (κ2) is 5.67. The first-order valence-corrected chi connectivity index (χ1v) is 6.87. The molecular weight excluding hydrogens is 250 g/mol. The molecule has 2 aromatic rings. The van der Waals surface area contributed by atoms with E-state index in [2.05, 4.69) is 29.0 Å². The molecule has 0 unspecified atom stereocenters. The Morgan fingerprint density at radius 2 is 2.05 bits per heavy atom. The maximum absolute atomic E-state index is 12.2. The summed E-state index contributed by atoms with van der Waals surface area (Å²) in [5.74, 6) is -0.0140. The largest absolute Gasteiger partial charge is 0.361 e. The minimum atomic E-state index is -0.0140. The number of amides is 1. The van der Waals surface area contributed by atoms with Crippen LogP contribution < -0.4 is 5.32 Å². The summed E-state index contributed by atoms with van der Waals surface area (Å²) in [6.07, 6.45) is 1.88. The number of hydrogen-bond donors (Lipinski definition) is 2. The quantitative estimate of drug-likeness (QED) is 0.879. The lowest BCUT2D eigenvalue weighted by Crippen LogP contribution is -2.39. The zero-order chi connectivity index (χ0) is 14.8. The average molecular weight is 273 g/mol. The molecule has 0 aliphatic rings. The van der Waals surface area contributed by atoms with E-state index in [9.17, 15) is 4.79 Å². The Hall–Kier alpha value is -1.81. The summed E-state index contributed by atoms with van der Waals surface area (Å²) < 4.78 is 0. The molecule has 0 saturated heterocycles. The third-order valence-corrected chi connectivity index (χ3v) is 3.29. The van der Waals surface area contributed by atoms with E-state index in [1.807, 2.05) is 44.6 Å². The maximum Gasteiger partial charge on any atom is 0.251 e. The lowest BCUT2D eigenvalue weighted by molar-refractivity contribution is 0.0929. The summed E-state index contributed by atoms with van der Waals surface area (Å²) in [5.41, 5.74) is 1.81. The predicted octanol–water partition coefficient (Wildman–Crippen LogP) is 2.49. The van der Waals surface area contributed by atoms with Gasteiger partial charge in [-0.25, -0.2) is 0 Å².